The number of hydrogen-bond donors (Lipinski definition) is 1. The quantitative estimate of drug-likeness (QED) is 0.905. The monoisotopic (exact) mass is 314 g/mol. The number of carbonyl (C=O) groups is 1. The molecular formula is C14H19FN2O3S. The Balaban J connectivity index is 1.89. The van der Waals surface area contributed by atoms with Gasteiger partial charge < -0.3 is 5.32 Å². The van der Waals surface area contributed by atoms with E-state index >= 15 is 0 Å². The van der Waals surface area contributed by atoms with Gasteiger partial charge in [-0.2, -0.15) is 0 Å². The fraction of sp³-hybridized carbons (Fsp3) is 0.500. The standard InChI is InChI=1S/C14H19FN2O3S/c1-21(19,20)17-8-2-3-12(10-17)14(18)16-9-11-4-6-13(15)7-5-11/h4-7,12H,2-3,8-10H2,1H3,(H,16,18)/t12-/m1/s1. The van der Waals surface area contributed by atoms with Crippen molar-refractivity contribution in [3.63, 3.8) is 0 Å². The highest BCUT2D eigenvalue weighted by molar-refractivity contribution is 7.88. The molecule has 0 radical (unpaired) electrons. The largest absolute Gasteiger partial charge is 0.352 e. The molecule has 1 atom stereocenters. The fourth-order valence-corrected chi connectivity index (χ4v) is 3.30. The summed E-state index contributed by atoms with van der Waals surface area (Å²) >= 11 is 0. The highest BCUT2D eigenvalue weighted by Gasteiger charge is 2.29. The van der Waals surface area contributed by atoms with Gasteiger partial charge in [-0.1, -0.05) is 12.1 Å². The summed E-state index contributed by atoms with van der Waals surface area (Å²) in [5.41, 5.74) is 0.806. The van der Waals surface area contributed by atoms with Crippen molar-refractivity contribution in [1.82, 2.24) is 9.62 Å². The molecule has 0 spiro atoms. The maximum absolute atomic E-state index is 12.8. The highest BCUT2D eigenvalue weighted by Crippen LogP contribution is 2.19. The molecule has 21 heavy (non-hydrogen) atoms. The summed E-state index contributed by atoms with van der Waals surface area (Å²) in [6.45, 7) is 1.02. The third kappa shape index (κ3) is 4.50. The Morgan fingerprint density at radius 2 is 2.05 bits per heavy atom. The van der Waals surface area contributed by atoms with Gasteiger partial charge in [0, 0.05) is 19.6 Å². The van der Waals surface area contributed by atoms with Crippen molar-refractivity contribution in [2.24, 2.45) is 5.92 Å². The van der Waals surface area contributed by atoms with Crippen LogP contribution < -0.4 is 5.32 Å². The highest BCUT2D eigenvalue weighted by atomic mass is 32.2. The van der Waals surface area contributed by atoms with Crippen molar-refractivity contribution >= 4 is 15.9 Å². The van der Waals surface area contributed by atoms with Gasteiger partial charge in [-0.05, 0) is 30.5 Å². The Morgan fingerprint density at radius 3 is 2.67 bits per heavy atom. The Bertz CT molecular complexity index is 601. The molecule has 0 unspecified atom stereocenters. The van der Waals surface area contributed by atoms with Crippen LogP contribution in [0.3, 0.4) is 0 Å². The maximum atomic E-state index is 12.8. The van der Waals surface area contributed by atoms with Crippen molar-refractivity contribution < 1.29 is 17.6 Å². The van der Waals surface area contributed by atoms with Crippen LogP contribution in [-0.2, 0) is 21.4 Å². The number of amides is 1. The fourth-order valence-electron chi connectivity index (χ4n) is 2.39. The van der Waals surface area contributed by atoms with Gasteiger partial charge in [0.15, 0.2) is 0 Å². The van der Waals surface area contributed by atoms with Crippen molar-refractivity contribution in [2.45, 2.75) is 19.4 Å². The Labute approximate surface area is 124 Å². The minimum absolute atomic E-state index is 0.160. The first kappa shape index (κ1) is 15.9. The number of benzene rings is 1. The zero-order chi connectivity index (χ0) is 15.5. The Morgan fingerprint density at radius 1 is 1.38 bits per heavy atom. The van der Waals surface area contributed by atoms with E-state index in [1.54, 1.807) is 12.1 Å². The average molecular weight is 314 g/mol. The second-order valence-electron chi connectivity index (χ2n) is 5.30. The van der Waals surface area contributed by atoms with Crippen molar-refractivity contribution in [3.05, 3.63) is 35.6 Å². The average Bonchev–Trinajstić information content (AvgIpc) is 2.45. The number of sulfonamides is 1. The SMILES string of the molecule is CS(=O)(=O)N1CCC[C@@H](C(=O)NCc2ccc(F)cc2)C1. The lowest BCUT2D eigenvalue weighted by Gasteiger charge is -2.30. The molecule has 0 saturated carbocycles. The van der Waals surface area contributed by atoms with E-state index in [1.807, 2.05) is 0 Å². The molecule has 0 aliphatic carbocycles. The molecule has 1 N–H and O–H groups in total. The van der Waals surface area contributed by atoms with Crippen LogP contribution in [0.25, 0.3) is 0 Å². The van der Waals surface area contributed by atoms with Crippen molar-refractivity contribution in [1.29, 1.82) is 0 Å². The first-order chi connectivity index (χ1) is 9.86. The molecule has 1 aromatic carbocycles. The zero-order valence-electron chi connectivity index (χ0n) is 11.9. The van der Waals surface area contributed by atoms with Crippen LogP contribution in [0.4, 0.5) is 4.39 Å². The molecule has 2 rings (SSSR count). The first-order valence-electron chi connectivity index (χ1n) is 6.83. The van der Waals surface area contributed by atoms with E-state index in [4.69, 9.17) is 0 Å². The number of carbonyl (C=O) groups excluding carboxylic acids is 1. The van der Waals surface area contributed by atoms with E-state index in [1.165, 1.54) is 16.4 Å². The van der Waals surface area contributed by atoms with Crippen LogP contribution in [0, 0.1) is 11.7 Å². The lowest BCUT2D eigenvalue weighted by Crippen LogP contribution is -2.44. The van der Waals surface area contributed by atoms with Gasteiger partial charge in [-0.25, -0.2) is 17.1 Å². The minimum atomic E-state index is -3.25. The predicted octanol–water partition coefficient (Wildman–Crippen LogP) is 1.11. The van der Waals surface area contributed by atoms with Gasteiger partial charge in [0.2, 0.25) is 15.9 Å². The predicted molar refractivity (Wildman–Crippen MR) is 77.4 cm³/mol. The topological polar surface area (TPSA) is 66.5 Å². The molecule has 1 aliphatic rings. The van der Waals surface area contributed by atoms with Crippen LogP contribution >= 0.6 is 0 Å². The molecule has 5 nitrogen and oxygen atoms in total. The number of hydrogen-bond acceptors (Lipinski definition) is 3. The zero-order valence-corrected chi connectivity index (χ0v) is 12.7. The second kappa shape index (κ2) is 6.53. The summed E-state index contributed by atoms with van der Waals surface area (Å²) in [5.74, 6) is -0.803. The second-order valence-corrected chi connectivity index (χ2v) is 7.29. The van der Waals surface area contributed by atoms with Gasteiger partial charge in [0.25, 0.3) is 0 Å². The molecule has 1 aromatic rings. The van der Waals surface area contributed by atoms with Crippen molar-refractivity contribution in [3.8, 4) is 0 Å². The minimum Gasteiger partial charge on any atom is -0.352 e. The number of nitrogens with zero attached hydrogens (tertiary/aromatic N) is 1. The van der Waals surface area contributed by atoms with E-state index in [0.717, 1.165) is 11.8 Å². The third-order valence-corrected chi connectivity index (χ3v) is 4.87. The summed E-state index contributed by atoms with van der Waals surface area (Å²) < 4.78 is 37.2. The molecule has 0 bridgehead atoms. The third-order valence-electron chi connectivity index (χ3n) is 3.60. The molecule has 0 aromatic heterocycles. The Kier molecular flexibility index (Phi) is 4.95. The number of rotatable bonds is 4. The van der Waals surface area contributed by atoms with Gasteiger partial charge in [0.1, 0.15) is 5.82 Å². The van der Waals surface area contributed by atoms with E-state index in [2.05, 4.69) is 5.32 Å². The molecule has 7 heteroatoms. The van der Waals surface area contributed by atoms with Gasteiger partial charge in [-0.3, -0.25) is 4.79 Å². The molecule has 1 fully saturated rings. The molecule has 1 aliphatic heterocycles. The smallest absolute Gasteiger partial charge is 0.224 e. The number of piperidine rings is 1. The van der Waals surface area contributed by atoms with Crippen molar-refractivity contribution in [2.75, 3.05) is 19.3 Å². The van der Waals surface area contributed by atoms with Gasteiger partial charge >= 0.3 is 0 Å². The molecule has 1 saturated heterocycles. The summed E-state index contributed by atoms with van der Waals surface area (Å²) in [5, 5.41) is 2.78. The van der Waals surface area contributed by atoms with Gasteiger partial charge in [-0.15, -0.1) is 0 Å². The molecule has 116 valence electrons. The molecule has 1 amide bonds. The van der Waals surface area contributed by atoms with E-state index < -0.39 is 10.0 Å². The molecule has 1 heterocycles. The van der Waals surface area contributed by atoms with Crippen LogP contribution in [-0.4, -0.2) is 38.0 Å². The van der Waals surface area contributed by atoms with Crippen LogP contribution in [0.2, 0.25) is 0 Å². The summed E-state index contributed by atoms with van der Waals surface area (Å²) in [6.07, 6.45) is 2.52. The maximum Gasteiger partial charge on any atom is 0.224 e. The first-order valence-corrected chi connectivity index (χ1v) is 8.68. The van der Waals surface area contributed by atoms with Crippen LogP contribution in [0.1, 0.15) is 18.4 Å². The Hall–Kier alpha value is -1.47. The summed E-state index contributed by atoms with van der Waals surface area (Å²) in [6, 6.07) is 5.90. The van der Waals surface area contributed by atoms with E-state index in [-0.39, 0.29) is 24.2 Å². The van der Waals surface area contributed by atoms with E-state index in [0.29, 0.717) is 25.9 Å². The molecular weight excluding hydrogens is 295 g/mol. The summed E-state index contributed by atoms with van der Waals surface area (Å²) in [4.78, 5) is 12.1. The van der Waals surface area contributed by atoms with E-state index in [9.17, 15) is 17.6 Å². The lowest BCUT2D eigenvalue weighted by molar-refractivity contribution is -0.126. The van der Waals surface area contributed by atoms with Gasteiger partial charge in [0.05, 0.1) is 12.2 Å². The lowest BCUT2D eigenvalue weighted by atomic mass is 9.99. The van der Waals surface area contributed by atoms with Crippen LogP contribution in [0.15, 0.2) is 24.3 Å². The number of halogens is 1. The number of nitrogens with one attached hydrogen (secondary N) is 1. The normalized spacial score (nSPS) is 20.2. The van der Waals surface area contributed by atoms with Crippen LogP contribution in [0.5, 0.6) is 0 Å². The summed E-state index contributed by atoms with van der Waals surface area (Å²) in [7, 11) is -3.25.